The number of rotatable bonds is 4. The topological polar surface area (TPSA) is 119 Å². The Morgan fingerprint density at radius 1 is 1.47 bits per heavy atom. The van der Waals surface area contributed by atoms with Crippen molar-refractivity contribution in [1.82, 2.24) is 19.7 Å². The molecule has 4 N–H and O–H groups in total. The van der Waals surface area contributed by atoms with Crippen molar-refractivity contribution in [2.75, 3.05) is 11.1 Å². The molecule has 2 aromatic rings. The van der Waals surface area contributed by atoms with Crippen LogP contribution in [0.4, 0.5) is 11.8 Å². The molecular formula is C11H16N6O2. The summed E-state index contributed by atoms with van der Waals surface area (Å²) in [5, 5.41) is 16.6. The van der Waals surface area contributed by atoms with E-state index in [9.17, 15) is 4.79 Å². The minimum atomic E-state index is -0.956. The molecule has 0 aliphatic heterocycles. The summed E-state index contributed by atoms with van der Waals surface area (Å²) in [5.41, 5.74) is 6.36. The summed E-state index contributed by atoms with van der Waals surface area (Å²) in [7, 11) is 1.73. The van der Waals surface area contributed by atoms with Crippen molar-refractivity contribution in [2.24, 2.45) is 13.0 Å². The van der Waals surface area contributed by atoms with E-state index in [-0.39, 0.29) is 17.7 Å². The van der Waals surface area contributed by atoms with Crippen molar-refractivity contribution in [3.63, 3.8) is 0 Å². The van der Waals surface area contributed by atoms with Crippen LogP contribution in [0.15, 0.2) is 6.20 Å². The number of aliphatic carboxylic acids is 1. The molecule has 102 valence electrons. The number of hydrogen-bond donors (Lipinski definition) is 3. The largest absolute Gasteiger partial charge is 0.480 e. The number of aryl methyl sites for hydroxylation is 1. The van der Waals surface area contributed by atoms with E-state index in [1.165, 1.54) is 0 Å². The van der Waals surface area contributed by atoms with Crippen molar-refractivity contribution in [3.05, 3.63) is 6.20 Å². The molecule has 19 heavy (non-hydrogen) atoms. The molecule has 0 saturated carbocycles. The van der Waals surface area contributed by atoms with E-state index in [1.807, 2.05) is 0 Å². The number of nitrogen functional groups attached to an aromatic ring is 1. The molecule has 0 aliphatic carbocycles. The van der Waals surface area contributed by atoms with Crippen LogP contribution in [0.2, 0.25) is 0 Å². The van der Waals surface area contributed by atoms with Gasteiger partial charge in [0.1, 0.15) is 11.9 Å². The van der Waals surface area contributed by atoms with Crippen LogP contribution in [-0.2, 0) is 11.8 Å². The molecule has 0 aromatic carbocycles. The van der Waals surface area contributed by atoms with Crippen LogP contribution in [0.3, 0.4) is 0 Å². The van der Waals surface area contributed by atoms with Gasteiger partial charge in [0.2, 0.25) is 5.95 Å². The molecule has 8 nitrogen and oxygen atoms in total. The molecule has 0 fully saturated rings. The van der Waals surface area contributed by atoms with Crippen molar-refractivity contribution in [2.45, 2.75) is 19.9 Å². The summed E-state index contributed by atoms with van der Waals surface area (Å²) in [6, 6.07) is -0.773. The highest BCUT2D eigenvalue weighted by molar-refractivity contribution is 5.86. The third kappa shape index (κ3) is 2.42. The van der Waals surface area contributed by atoms with E-state index in [2.05, 4.69) is 20.4 Å². The Morgan fingerprint density at radius 2 is 2.16 bits per heavy atom. The van der Waals surface area contributed by atoms with Crippen LogP contribution >= 0.6 is 0 Å². The van der Waals surface area contributed by atoms with E-state index in [0.717, 1.165) is 0 Å². The Bertz CT molecular complexity index is 621. The van der Waals surface area contributed by atoms with Crippen LogP contribution in [-0.4, -0.2) is 36.9 Å². The molecule has 0 unspecified atom stereocenters. The van der Waals surface area contributed by atoms with E-state index in [1.54, 1.807) is 31.8 Å². The molecule has 2 aromatic heterocycles. The van der Waals surface area contributed by atoms with Gasteiger partial charge in [-0.2, -0.15) is 15.1 Å². The van der Waals surface area contributed by atoms with E-state index in [0.29, 0.717) is 11.0 Å². The van der Waals surface area contributed by atoms with Gasteiger partial charge in [-0.1, -0.05) is 13.8 Å². The average molecular weight is 264 g/mol. The van der Waals surface area contributed by atoms with Crippen LogP contribution in [0.1, 0.15) is 13.8 Å². The molecule has 0 bridgehead atoms. The Balaban J connectivity index is 2.40. The zero-order chi connectivity index (χ0) is 14.2. The van der Waals surface area contributed by atoms with Gasteiger partial charge in [0.25, 0.3) is 0 Å². The molecule has 0 radical (unpaired) electrons. The highest BCUT2D eigenvalue weighted by Gasteiger charge is 2.22. The van der Waals surface area contributed by atoms with Crippen molar-refractivity contribution in [1.29, 1.82) is 0 Å². The van der Waals surface area contributed by atoms with Crippen LogP contribution in [0.5, 0.6) is 0 Å². The highest BCUT2D eigenvalue weighted by atomic mass is 16.4. The first-order valence-electron chi connectivity index (χ1n) is 5.84. The first-order valence-corrected chi connectivity index (χ1v) is 5.84. The summed E-state index contributed by atoms with van der Waals surface area (Å²) < 4.78 is 1.56. The lowest BCUT2D eigenvalue weighted by Crippen LogP contribution is -2.35. The maximum atomic E-state index is 11.1. The molecule has 8 heteroatoms. The van der Waals surface area contributed by atoms with Gasteiger partial charge < -0.3 is 16.2 Å². The molecule has 1 atom stereocenters. The minimum Gasteiger partial charge on any atom is -0.480 e. The van der Waals surface area contributed by atoms with Crippen LogP contribution < -0.4 is 11.1 Å². The second kappa shape index (κ2) is 4.71. The summed E-state index contributed by atoms with van der Waals surface area (Å²) in [6.45, 7) is 3.61. The van der Waals surface area contributed by atoms with Gasteiger partial charge in [-0.15, -0.1) is 0 Å². The third-order valence-corrected chi connectivity index (χ3v) is 2.84. The lowest BCUT2D eigenvalue weighted by molar-refractivity contribution is -0.138. The zero-order valence-electron chi connectivity index (χ0n) is 11.0. The Kier molecular flexibility index (Phi) is 3.24. The van der Waals surface area contributed by atoms with E-state index >= 15 is 0 Å². The van der Waals surface area contributed by atoms with E-state index in [4.69, 9.17) is 10.8 Å². The number of carboxylic acid groups (broad SMARTS) is 1. The number of fused-ring (bicyclic) bond motifs is 1. The monoisotopic (exact) mass is 264 g/mol. The van der Waals surface area contributed by atoms with Crippen molar-refractivity contribution in [3.8, 4) is 0 Å². The molecule has 2 heterocycles. The lowest BCUT2D eigenvalue weighted by Gasteiger charge is -2.17. The number of carbonyl (C=O) groups is 1. The number of nitrogens with one attached hydrogen (secondary N) is 1. The smallest absolute Gasteiger partial charge is 0.326 e. The zero-order valence-corrected chi connectivity index (χ0v) is 11.0. The fraction of sp³-hybridized carbons (Fsp3) is 0.455. The number of carboxylic acids is 1. The van der Waals surface area contributed by atoms with Crippen molar-refractivity contribution < 1.29 is 9.90 Å². The second-order valence-corrected chi connectivity index (χ2v) is 4.64. The highest BCUT2D eigenvalue weighted by Crippen LogP contribution is 2.19. The summed E-state index contributed by atoms with van der Waals surface area (Å²) >= 11 is 0. The van der Waals surface area contributed by atoms with E-state index < -0.39 is 12.0 Å². The van der Waals surface area contributed by atoms with Gasteiger partial charge in [-0.05, 0) is 5.92 Å². The Hall–Kier alpha value is -2.38. The Labute approximate surface area is 109 Å². The Morgan fingerprint density at radius 3 is 2.74 bits per heavy atom. The number of anilines is 2. The van der Waals surface area contributed by atoms with Gasteiger partial charge >= 0.3 is 5.97 Å². The lowest BCUT2D eigenvalue weighted by atomic mass is 10.1. The number of hydrogen-bond acceptors (Lipinski definition) is 6. The molecule has 0 spiro atoms. The summed E-state index contributed by atoms with van der Waals surface area (Å²) in [5.74, 6) is -0.602. The SMILES string of the molecule is CC(C)[C@H](Nc1nc(N)c2cnn(C)c2n1)C(=O)O. The van der Waals surface area contributed by atoms with Gasteiger partial charge in [0, 0.05) is 7.05 Å². The third-order valence-electron chi connectivity index (χ3n) is 2.84. The average Bonchev–Trinajstić information content (AvgIpc) is 2.68. The first-order chi connectivity index (χ1) is 8.90. The van der Waals surface area contributed by atoms with Crippen LogP contribution in [0, 0.1) is 5.92 Å². The molecular weight excluding hydrogens is 248 g/mol. The quantitative estimate of drug-likeness (QED) is 0.734. The fourth-order valence-corrected chi connectivity index (χ4v) is 1.76. The standard InChI is InChI=1S/C11H16N6O2/c1-5(2)7(10(18)19)14-11-15-8(12)6-4-13-17(3)9(6)16-11/h4-5,7H,1-3H3,(H,18,19)(H3,12,14,15,16)/t7-/m0/s1. The van der Waals surface area contributed by atoms with Gasteiger partial charge in [0.05, 0.1) is 11.6 Å². The van der Waals surface area contributed by atoms with Gasteiger partial charge in [-0.25, -0.2) is 4.79 Å². The summed E-state index contributed by atoms with van der Waals surface area (Å²) in [6.07, 6.45) is 1.57. The first kappa shape index (κ1) is 13.1. The fourth-order valence-electron chi connectivity index (χ4n) is 1.76. The molecule has 0 amide bonds. The second-order valence-electron chi connectivity index (χ2n) is 4.64. The van der Waals surface area contributed by atoms with Crippen LogP contribution in [0.25, 0.3) is 11.0 Å². The minimum absolute atomic E-state index is 0.107. The van der Waals surface area contributed by atoms with Crippen molar-refractivity contribution >= 4 is 28.8 Å². The number of nitrogens with zero attached hydrogens (tertiary/aromatic N) is 4. The number of aromatic nitrogens is 4. The molecule has 2 rings (SSSR count). The maximum absolute atomic E-state index is 11.1. The normalized spacial score (nSPS) is 12.8. The predicted octanol–water partition coefficient (Wildman–Crippen LogP) is 0.467. The predicted molar refractivity (Wildman–Crippen MR) is 70.6 cm³/mol. The maximum Gasteiger partial charge on any atom is 0.326 e. The molecule has 0 saturated heterocycles. The molecule has 0 aliphatic rings. The van der Waals surface area contributed by atoms with Gasteiger partial charge in [-0.3, -0.25) is 4.68 Å². The number of nitrogens with two attached hydrogens (primary N) is 1. The summed E-state index contributed by atoms with van der Waals surface area (Å²) in [4.78, 5) is 19.4. The van der Waals surface area contributed by atoms with Gasteiger partial charge in [0.15, 0.2) is 5.65 Å².